The predicted molar refractivity (Wildman–Crippen MR) is 112 cm³/mol. The topological polar surface area (TPSA) is 64.7 Å². The van der Waals surface area contributed by atoms with Gasteiger partial charge in [-0.05, 0) is 37.1 Å². The van der Waals surface area contributed by atoms with Crippen LogP contribution in [0.2, 0.25) is 0 Å². The zero-order chi connectivity index (χ0) is 19.8. The smallest absolute Gasteiger partial charge is 0.317 e. The Labute approximate surface area is 166 Å². The van der Waals surface area contributed by atoms with Crippen LogP contribution in [0.5, 0.6) is 0 Å². The molecule has 1 fully saturated rings. The minimum absolute atomic E-state index is 0.0377. The first-order chi connectivity index (χ1) is 13.6. The van der Waals surface area contributed by atoms with Gasteiger partial charge in [0.2, 0.25) is 5.91 Å². The molecule has 28 heavy (non-hydrogen) atoms. The second kappa shape index (κ2) is 9.78. The predicted octanol–water partition coefficient (Wildman–Crippen LogP) is 3.18. The number of carbonyl (C=O) groups is 2. The van der Waals surface area contributed by atoms with Gasteiger partial charge >= 0.3 is 6.03 Å². The average molecular weight is 380 g/mol. The molecule has 2 aromatic carbocycles. The first-order valence-electron chi connectivity index (χ1n) is 9.78. The largest absolute Gasteiger partial charge is 0.373 e. The molecule has 3 rings (SSSR count). The SMILES string of the molecule is CN(CCNC(=O)N1CCC(C(=O)Nc2ccccc2)CC1)c1ccccc1. The number of anilines is 2. The Bertz CT molecular complexity index is 759. The molecule has 0 radical (unpaired) electrons. The van der Waals surface area contributed by atoms with E-state index in [1.54, 1.807) is 4.90 Å². The molecule has 148 valence electrons. The molecule has 0 atom stereocenters. The molecule has 1 aliphatic heterocycles. The van der Waals surface area contributed by atoms with E-state index in [1.807, 2.05) is 67.7 Å². The quantitative estimate of drug-likeness (QED) is 0.809. The fourth-order valence-corrected chi connectivity index (χ4v) is 3.36. The van der Waals surface area contributed by atoms with Gasteiger partial charge < -0.3 is 20.4 Å². The molecule has 2 aromatic rings. The zero-order valence-corrected chi connectivity index (χ0v) is 16.3. The number of urea groups is 1. The number of likely N-dealkylation sites (tertiary alicyclic amines) is 1. The first kappa shape index (κ1) is 19.7. The molecule has 3 amide bonds. The summed E-state index contributed by atoms with van der Waals surface area (Å²) in [5.41, 5.74) is 1.94. The van der Waals surface area contributed by atoms with Gasteiger partial charge in [0.1, 0.15) is 0 Å². The summed E-state index contributed by atoms with van der Waals surface area (Å²) in [6, 6.07) is 19.5. The van der Waals surface area contributed by atoms with Crippen molar-refractivity contribution in [1.82, 2.24) is 10.2 Å². The van der Waals surface area contributed by atoms with Gasteiger partial charge in [-0.2, -0.15) is 0 Å². The van der Waals surface area contributed by atoms with Crippen LogP contribution in [-0.2, 0) is 4.79 Å². The van der Waals surface area contributed by atoms with Crippen LogP contribution in [0.1, 0.15) is 12.8 Å². The summed E-state index contributed by atoms with van der Waals surface area (Å²) >= 11 is 0. The van der Waals surface area contributed by atoms with Gasteiger partial charge in [0.25, 0.3) is 0 Å². The maximum atomic E-state index is 12.4. The lowest BCUT2D eigenvalue weighted by atomic mass is 9.96. The fraction of sp³-hybridized carbons (Fsp3) is 0.364. The summed E-state index contributed by atoms with van der Waals surface area (Å²) in [7, 11) is 2.01. The number of nitrogens with zero attached hydrogens (tertiary/aromatic N) is 2. The summed E-state index contributed by atoms with van der Waals surface area (Å²) in [6.07, 6.45) is 1.38. The third-order valence-corrected chi connectivity index (χ3v) is 5.11. The summed E-state index contributed by atoms with van der Waals surface area (Å²) in [4.78, 5) is 28.7. The van der Waals surface area contributed by atoms with Gasteiger partial charge in [-0.3, -0.25) is 4.79 Å². The number of hydrogen-bond donors (Lipinski definition) is 2. The van der Waals surface area contributed by atoms with Crippen molar-refractivity contribution >= 4 is 23.3 Å². The maximum Gasteiger partial charge on any atom is 0.317 e. The van der Waals surface area contributed by atoms with Crippen LogP contribution < -0.4 is 15.5 Å². The van der Waals surface area contributed by atoms with Crippen LogP contribution in [0.3, 0.4) is 0 Å². The normalized spacial score (nSPS) is 14.4. The molecule has 1 heterocycles. The van der Waals surface area contributed by atoms with Gasteiger partial charge in [0.15, 0.2) is 0 Å². The Morgan fingerprint density at radius 2 is 1.61 bits per heavy atom. The van der Waals surface area contributed by atoms with Gasteiger partial charge in [-0.25, -0.2) is 4.79 Å². The summed E-state index contributed by atoms with van der Waals surface area (Å²) in [5, 5.41) is 5.94. The van der Waals surface area contributed by atoms with Crippen molar-refractivity contribution < 1.29 is 9.59 Å². The Kier molecular flexibility index (Phi) is 6.89. The van der Waals surface area contributed by atoms with Crippen molar-refractivity contribution in [2.24, 2.45) is 5.92 Å². The summed E-state index contributed by atoms with van der Waals surface area (Å²) in [6.45, 7) is 2.53. The summed E-state index contributed by atoms with van der Waals surface area (Å²) < 4.78 is 0. The van der Waals surface area contributed by atoms with Crippen molar-refractivity contribution in [1.29, 1.82) is 0 Å². The molecule has 0 spiro atoms. The van der Waals surface area contributed by atoms with Crippen molar-refractivity contribution in [2.75, 3.05) is 43.4 Å². The van der Waals surface area contributed by atoms with E-state index in [0.717, 1.165) is 17.9 Å². The second-order valence-electron chi connectivity index (χ2n) is 7.11. The molecule has 0 saturated carbocycles. The van der Waals surface area contributed by atoms with Gasteiger partial charge in [0, 0.05) is 50.5 Å². The van der Waals surface area contributed by atoms with Gasteiger partial charge in [-0.1, -0.05) is 36.4 Å². The van der Waals surface area contributed by atoms with E-state index < -0.39 is 0 Å². The highest BCUT2D eigenvalue weighted by Gasteiger charge is 2.27. The molecule has 0 aliphatic carbocycles. The van der Waals surface area contributed by atoms with Crippen LogP contribution >= 0.6 is 0 Å². The monoisotopic (exact) mass is 380 g/mol. The van der Waals surface area contributed by atoms with Crippen LogP contribution in [0.4, 0.5) is 16.2 Å². The van der Waals surface area contributed by atoms with Crippen molar-refractivity contribution in [2.45, 2.75) is 12.8 Å². The molecule has 6 nitrogen and oxygen atoms in total. The number of para-hydroxylation sites is 2. The van der Waals surface area contributed by atoms with Gasteiger partial charge in [0.05, 0.1) is 0 Å². The molecular formula is C22H28N4O2. The standard InChI is InChI=1S/C22H28N4O2/c1-25(20-10-6-3-7-11-20)17-14-23-22(28)26-15-12-18(13-16-26)21(27)24-19-8-4-2-5-9-19/h2-11,18H,12-17H2,1H3,(H,23,28)(H,24,27). The van der Waals surface area contributed by atoms with E-state index in [-0.39, 0.29) is 17.9 Å². The third-order valence-electron chi connectivity index (χ3n) is 5.11. The molecule has 2 N–H and O–H groups in total. The van der Waals surface area contributed by atoms with E-state index in [4.69, 9.17) is 0 Å². The van der Waals surface area contributed by atoms with Crippen LogP contribution in [0.25, 0.3) is 0 Å². The highest BCUT2D eigenvalue weighted by Crippen LogP contribution is 2.19. The lowest BCUT2D eigenvalue weighted by molar-refractivity contribution is -0.121. The Balaban J connectivity index is 1.37. The molecule has 1 aliphatic rings. The second-order valence-corrected chi connectivity index (χ2v) is 7.11. The molecule has 0 unspecified atom stereocenters. The van der Waals surface area contributed by atoms with Crippen molar-refractivity contribution in [3.8, 4) is 0 Å². The molecule has 6 heteroatoms. The minimum atomic E-state index is -0.0524. The fourth-order valence-electron chi connectivity index (χ4n) is 3.36. The Morgan fingerprint density at radius 3 is 2.25 bits per heavy atom. The number of carbonyl (C=O) groups excluding carboxylic acids is 2. The maximum absolute atomic E-state index is 12.4. The average Bonchev–Trinajstić information content (AvgIpc) is 2.75. The van der Waals surface area contributed by atoms with E-state index >= 15 is 0 Å². The van der Waals surface area contributed by atoms with Crippen LogP contribution in [-0.4, -0.2) is 50.1 Å². The number of nitrogens with one attached hydrogen (secondary N) is 2. The van der Waals surface area contributed by atoms with E-state index in [1.165, 1.54) is 0 Å². The van der Waals surface area contributed by atoms with E-state index in [2.05, 4.69) is 15.5 Å². The van der Waals surface area contributed by atoms with Crippen molar-refractivity contribution in [3.63, 3.8) is 0 Å². The molecular weight excluding hydrogens is 352 g/mol. The number of likely N-dealkylation sites (N-methyl/N-ethyl adjacent to an activating group) is 1. The summed E-state index contributed by atoms with van der Waals surface area (Å²) in [5.74, 6) is -0.00999. The zero-order valence-electron chi connectivity index (χ0n) is 16.3. The number of rotatable bonds is 6. The van der Waals surface area contributed by atoms with E-state index in [0.29, 0.717) is 32.5 Å². The number of amides is 3. The molecule has 0 bridgehead atoms. The van der Waals surface area contributed by atoms with Gasteiger partial charge in [-0.15, -0.1) is 0 Å². The van der Waals surface area contributed by atoms with Crippen LogP contribution in [0, 0.1) is 5.92 Å². The highest BCUT2D eigenvalue weighted by molar-refractivity contribution is 5.92. The Hall–Kier alpha value is -3.02. The minimum Gasteiger partial charge on any atom is -0.373 e. The lowest BCUT2D eigenvalue weighted by Gasteiger charge is -2.31. The van der Waals surface area contributed by atoms with E-state index in [9.17, 15) is 9.59 Å². The number of hydrogen-bond acceptors (Lipinski definition) is 3. The Morgan fingerprint density at radius 1 is 1.00 bits per heavy atom. The number of benzene rings is 2. The number of piperidine rings is 1. The van der Waals surface area contributed by atoms with Crippen molar-refractivity contribution in [3.05, 3.63) is 60.7 Å². The highest BCUT2D eigenvalue weighted by atomic mass is 16.2. The molecule has 1 saturated heterocycles. The first-order valence-corrected chi connectivity index (χ1v) is 9.78. The molecule has 0 aromatic heterocycles. The van der Waals surface area contributed by atoms with Crippen LogP contribution in [0.15, 0.2) is 60.7 Å². The third kappa shape index (κ3) is 5.49. The lowest BCUT2D eigenvalue weighted by Crippen LogP contribution is -2.47.